The molecule has 7 heteroatoms. The number of rotatable bonds is 4. The van der Waals surface area contributed by atoms with Crippen LogP contribution in [0.2, 0.25) is 5.02 Å². The van der Waals surface area contributed by atoms with Gasteiger partial charge in [-0.15, -0.1) is 0 Å². The van der Waals surface area contributed by atoms with Gasteiger partial charge in [0, 0.05) is 16.3 Å². The summed E-state index contributed by atoms with van der Waals surface area (Å²) in [5.41, 5.74) is 12.5. The molecule has 6 nitrogen and oxygen atoms in total. The van der Waals surface area contributed by atoms with E-state index in [4.69, 9.17) is 22.3 Å². The van der Waals surface area contributed by atoms with Gasteiger partial charge in [0.25, 0.3) is 0 Å². The molecule has 2 amide bonds. The van der Waals surface area contributed by atoms with Gasteiger partial charge in [0.1, 0.15) is 5.82 Å². The Hall–Kier alpha value is -3.64. The van der Waals surface area contributed by atoms with Gasteiger partial charge >= 0.3 is 6.03 Å². The average molecular weight is 404 g/mol. The van der Waals surface area contributed by atoms with Crippen molar-refractivity contribution in [2.45, 2.75) is 6.92 Å². The molecule has 0 saturated carbocycles. The summed E-state index contributed by atoms with van der Waals surface area (Å²) in [5.74, 6) is 0.810. The molecule has 3 N–H and O–H groups in total. The number of primary amides is 1. The molecule has 0 radical (unpaired) electrons. The molecular formula is C22H18ClN5O. The van der Waals surface area contributed by atoms with Gasteiger partial charge in [0.2, 0.25) is 0 Å². The minimum absolute atomic E-state index is 0.632. The summed E-state index contributed by atoms with van der Waals surface area (Å²) in [5, 5.41) is 4.67. The highest BCUT2D eigenvalue weighted by atomic mass is 35.5. The lowest BCUT2D eigenvalue weighted by Crippen LogP contribution is -2.25. The number of benzene rings is 3. The molecular weight excluding hydrogens is 386 g/mol. The second-order valence-electron chi connectivity index (χ2n) is 6.49. The maximum atomic E-state index is 10.9. The highest BCUT2D eigenvalue weighted by Gasteiger charge is 2.15. The number of urea groups is 1. The number of nitrogens with zero attached hydrogens (tertiary/aromatic N) is 3. The van der Waals surface area contributed by atoms with Crippen LogP contribution in [0.15, 0.2) is 77.9 Å². The van der Waals surface area contributed by atoms with Gasteiger partial charge in [-0.05, 0) is 61.0 Å². The summed E-state index contributed by atoms with van der Waals surface area (Å²) in [7, 11) is 0. The first-order chi connectivity index (χ1) is 14.0. The maximum absolute atomic E-state index is 10.9. The normalized spacial score (nSPS) is 11.6. The molecule has 4 aromatic rings. The summed E-state index contributed by atoms with van der Waals surface area (Å²) < 4.78 is 2.11. The molecule has 144 valence electrons. The van der Waals surface area contributed by atoms with E-state index in [1.807, 2.05) is 72.8 Å². The van der Waals surface area contributed by atoms with Crippen LogP contribution in [0.3, 0.4) is 0 Å². The van der Waals surface area contributed by atoms with E-state index in [1.54, 1.807) is 6.92 Å². The Kier molecular flexibility index (Phi) is 5.01. The number of nitrogens with two attached hydrogens (primary N) is 1. The Balaban J connectivity index is 1.90. The van der Waals surface area contributed by atoms with Crippen LogP contribution in [0.1, 0.15) is 12.5 Å². The lowest BCUT2D eigenvalue weighted by atomic mass is 10.1. The van der Waals surface area contributed by atoms with Crippen LogP contribution in [0.4, 0.5) is 4.79 Å². The summed E-state index contributed by atoms with van der Waals surface area (Å²) in [4.78, 5) is 15.8. The van der Waals surface area contributed by atoms with Crippen molar-refractivity contribution >= 4 is 34.4 Å². The fourth-order valence-corrected chi connectivity index (χ4v) is 3.27. The maximum Gasteiger partial charge on any atom is 0.332 e. The summed E-state index contributed by atoms with van der Waals surface area (Å²) in [6, 6.07) is 22.8. The molecule has 29 heavy (non-hydrogen) atoms. The van der Waals surface area contributed by atoms with Gasteiger partial charge in [0.15, 0.2) is 0 Å². The van der Waals surface area contributed by atoms with E-state index < -0.39 is 6.03 Å². The second kappa shape index (κ2) is 7.77. The number of imidazole rings is 1. The monoisotopic (exact) mass is 403 g/mol. The van der Waals surface area contributed by atoms with Crippen LogP contribution in [0.25, 0.3) is 28.1 Å². The molecule has 0 spiro atoms. The van der Waals surface area contributed by atoms with E-state index in [1.165, 1.54) is 0 Å². The van der Waals surface area contributed by atoms with Gasteiger partial charge in [-0.1, -0.05) is 35.9 Å². The molecule has 0 aliphatic carbocycles. The van der Waals surface area contributed by atoms with Crippen LogP contribution in [-0.4, -0.2) is 21.3 Å². The fourth-order valence-electron chi connectivity index (χ4n) is 3.14. The zero-order chi connectivity index (χ0) is 20.4. The van der Waals surface area contributed by atoms with Gasteiger partial charge in [-0.3, -0.25) is 4.57 Å². The van der Waals surface area contributed by atoms with Gasteiger partial charge in [-0.25, -0.2) is 15.2 Å². The van der Waals surface area contributed by atoms with E-state index >= 15 is 0 Å². The SMILES string of the molecule is C/C(=N\NC(N)=O)c1ccc2c(c1)nc(-c1ccc(Cl)cc1)n2-c1ccccc1. The van der Waals surface area contributed by atoms with E-state index in [0.29, 0.717) is 10.7 Å². The Morgan fingerprint density at radius 2 is 1.79 bits per heavy atom. The third kappa shape index (κ3) is 3.83. The van der Waals surface area contributed by atoms with Crippen molar-refractivity contribution in [3.63, 3.8) is 0 Å². The Labute approximate surface area is 172 Å². The number of hydrazone groups is 1. The molecule has 0 aliphatic rings. The number of para-hydroxylation sites is 1. The number of carbonyl (C=O) groups is 1. The first-order valence-corrected chi connectivity index (χ1v) is 9.35. The lowest BCUT2D eigenvalue weighted by molar-refractivity contribution is 0.249. The van der Waals surface area contributed by atoms with Crippen molar-refractivity contribution in [2.24, 2.45) is 10.8 Å². The Bertz CT molecular complexity index is 1210. The van der Waals surface area contributed by atoms with Gasteiger partial charge in [0.05, 0.1) is 16.7 Å². The molecule has 0 bridgehead atoms. The highest BCUT2D eigenvalue weighted by Crippen LogP contribution is 2.30. The number of fused-ring (bicyclic) bond motifs is 1. The predicted octanol–water partition coefficient (Wildman–Crippen LogP) is 4.74. The number of hydrogen-bond donors (Lipinski definition) is 2. The Morgan fingerprint density at radius 3 is 2.48 bits per heavy atom. The second-order valence-corrected chi connectivity index (χ2v) is 6.93. The number of carbonyl (C=O) groups excluding carboxylic acids is 1. The van der Waals surface area contributed by atoms with Crippen LogP contribution in [0.5, 0.6) is 0 Å². The smallest absolute Gasteiger partial charge is 0.332 e. The van der Waals surface area contributed by atoms with Crippen molar-refractivity contribution in [3.8, 4) is 17.1 Å². The van der Waals surface area contributed by atoms with Crippen LogP contribution < -0.4 is 11.2 Å². The first-order valence-electron chi connectivity index (χ1n) is 8.97. The van der Waals surface area contributed by atoms with Crippen LogP contribution in [0, 0.1) is 0 Å². The summed E-state index contributed by atoms with van der Waals surface area (Å²) >= 11 is 6.06. The molecule has 4 rings (SSSR count). The van der Waals surface area contributed by atoms with Gasteiger partial charge in [-0.2, -0.15) is 5.10 Å². The fraction of sp³-hybridized carbons (Fsp3) is 0.0455. The van der Waals surface area contributed by atoms with E-state index in [2.05, 4.69) is 15.1 Å². The number of aromatic nitrogens is 2. The third-order valence-electron chi connectivity index (χ3n) is 4.52. The molecule has 0 saturated heterocycles. The molecule has 0 unspecified atom stereocenters. The van der Waals surface area contributed by atoms with E-state index in [9.17, 15) is 4.79 Å². The molecule has 0 atom stereocenters. The highest BCUT2D eigenvalue weighted by molar-refractivity contribution is 6.30. The van der Waals surface area contributed by atoms with Gasteiger partial charge < -0.3 is 5.73 Å². The van der Waals surface area contributed by atoms with Crippen LogP contribution >= 0.6 is 11.6 Å². The van der Waals surface area contributed by atoms with Crippen LogP contribution in [-0.2, 0) is 0 Å². The number of halogens is 1. The zero-order valence-corrected chi connectivity index (χ0v) is 16.4. The van der Waals surface area contributed by atoms with Crippen molar-refractivity contribution in [3.05, 3.63) is 83.4 Å². The molecule has 0 fully saturated rings. The standard InChI is InChI=1S/C22H18ClN5O/c1-14(26-27-22(24)29)16-9-12-20-19(13-16)25-21(15-7-10-17(23)11-8-15)28(20)18-5-3-2-4-6-18/h2-13H,1H3,(H3,24,27,29)/b26-14+. The first kappa shape index (κ1) is 18.7. The minimum atomic E-state index is -0.705. The predicted molar refractivity (Wildman–Crippen MR) is 116 cm³/mol. The van der Waals surface area contributed by atoms with Crippen molar-refractivity contribution in [1.29, 1.82) is 0 Å². The zero-order valence-electron chi connectivity index (χ0n) is 15.6. The summed E-state index contributed by atoms with van der Waals surface area (Å²) in [6.45, 7) is 1.80. The van der Waals surface area contributed by atoms with Crippen molar-refractivity contribution in [2.75, 3.05) is 0 Å². The van der Waals surface area contributed by atoms with Crippen molar-refractivity contribution in [1.82, 2.24) is 15.0 Å². The number of nitrogens with one attached hydrogen (secondary N) is 1. The van der Waals surface area contributed by atoms with Crippen molar-refractivity contribution < 1.29 is 4.79 Å². The Morgan fingerprint density at radius 1 is 1.07 bits per heavy atom. The lowest BCUT2D eigenvalue weighted by Gasteiger charge is -2.10. The minimum Gasteiger partial charge on any atom is -0.350 e. The molecule has 0 aliphatic heterocycles. The summed E-state index contributed by atoms with van der Waals surface area (Å²) in [6.07, 6.45) is 0. The van der Waals surface area contributed by atoms with E-state index in [-0.39, 0.29) is 0 Å². The molecule has 1 aromatic heterocycles. The number of hydrogen-bond acceptors (Lipinski definition) is 3. The number of amides is 2. The average Bonchev–Trinajstić information content (AvgIpc) is 3.11. The quantitative estimate of drug-likeness (QED) is 0.381. The third-order valence-corrected chi connectivity index (χ3v) is 4.77. The van der Waals surface area contributed by atoms with E-state index in [0.717, 1.165) is 33.7 Å². The topological polar surface area (TPSA) is 85.3 Å². The largest absolute Gasteiger partial charge is 0.350 e. The molecule has 1 heterocycles. The molecule has 3 aromatic carbocycles.